The van der Waals surface area contributed by atoms with E-state index in [2.05, 4.69) is 15.2 Å². The normalized spacial score (nSPS) is 14.8. The average molecular weight is 461 g/mol. The Balaban J connectivity index is 1.21. The Morgan fingerprint density at radius 2 is 1.80 bits per heavy atom. The lowest BCUT2D eigenvalue weighted by atomic mass is 10.3. The third-order valence-electron chi connectivity index (χ3n) is 4.83. The molecular weight excluding hydrogens is 440 g/mol. The largest absolute Gasteiger partial charge is 0.339 e. The van der Waals surface area contributed by atoms with Gasteiger partial charge in [-0.05, 0) is 24.3 Å². The molecule has 1 aliphatic rings. The molecule has 1 aromatic heterocycles. The van der Waals surface area contributed by atoms with Crippen molar-refractivity contribution in [1.82, 2.24) is 14.8 Å². The summed E-state index contributed by atoms with van der Waals surface area (Å²) >= 11 is 9.19. The highest BCUT2D eigenvalue weighted by Gasteiger charge is 2.23. The Morgan fingerprint density at radius 3 is 2.57 bits per heavy atom. The van der Waals surface area contributed by atoms with Gasteiger partial charge in [0.2, 0.25) is 11.8 Å². The number of anilines is 1. The fraction of sp³-hybridized carbons (Fsp3) is 0.286. The number of piperazine rings is 1. The van der Waals surface area contributed by atoms with E-state index in [0.717, 1.165) is 14.6 Å². The molecule has 2 amide bonds. The molecule has 0 unspecified atom stereocenters. The van der Waals surface area contributed by atoms with Gasteiger partial charge in [-0.15, -0.1) is 11.3 Å². The number of nitrogens with one attached hydrogen (secondary N) is 1. The minimum absolute atomic E-state index is 0.103. The van der Waals surface area contributed by atoms with E-state index >= 15 is 0 Å². The van der Waals surface area contributed by atoms with Crippen LogP contribution in [-0.2, 0) is 9.59 Å². The molecule has 30 heavy (non-hydrogen) atoms. The van der Waals surface area contributed by atoms with E-state index < -0.39 is 0 Å². The zero-order valence-corrected chi connectivity index (χ0v) is 18.6. The second kappa shape index (κ2) is 9.78. The minimum atomic E-state index is -0.103. The lowest BCUT2D eigenvalue weighted by Crippen LogP contribution is -2.50. The number of hydrogen-bond donors (Lipinski definition) is 1. The fourth-order valence-electron chi connectivity index (χ4n) is 3.24. The summed E-state index contributed by atoms with van der Waals surface area (Å²) in [5.74, 6) is 0.390. The van der Waals surface area contributed by atoms with Crippen molar-refractivity contribution in [3.05, 3.63) is 53.6 Å². The molecule has 0 atom stereocenters. The second-order valence-electron chi connectivity index (χ2n) is 6.92. The van der Waals surface area contributed by atoms with Crippen LogP contribution in [0.4, 0.5) is 5.69 Å². The number of thioether (sulfide) groups is 1. The summed E-state index contributed by atoms with van der Waals surface area (Å²) in [6.45, 7) is 2.88. The Hall–Kier alpha value is -2.13. The van der Waals surface area contributed by atoms with Crippen LogP contribution < -0.4 is 5.32 Å². The standard InChI is InChI=1S/C21H21ClN4O2S2/c22-15-5-1-2-6-16(15)23-19(27)13-25-9-11-26(12-10-25)20(28)14-29-21-24-17-7-3-4-8-18(17)30-21/h1-8H,9-14H2,(H,23,27). The fourth-order valence-corrected chi connectivity index (χ4v) is 5.39. The van der Waals surface area contributed by atoms with Gasteiger partial charge < -0.3 is 10.2 Å². The van der Waals surface area contributed by atoms with E-state index in [1.54, 1.807) is 23.5 Å². The van der Waals surface area contributed by atoms with Gasteiger partial charge in [-0.1, -0.05) is 47.6 Å². The molecule has 0 aliphatic carbocycles. The molecule has 0 bridgehead atoms. The van der Waals surface area contributed by atoms with Gasteiger partial charge in [0.15, 0.2) is 4.34 Å². The molecule has 1 fully saturated rings. The molecule has 0 saturated carbocycles. The summed E-state index contributed by atoms with van der Waals surface area (Å²) in [5.41, 5.74) is 1.59. The van der Waals surface area contributed by atoms with Crippen molar-refractivity contribution in [1.29, 1.82) is 0 Å². The first-order valence-corrected chi connectivity index (χ1v) is 11.8. The highest BCUT2D eigenvalue weighted by Crippen LogP contribution is 2.29. The van der Waals surface area contributed by atoms with Crippen molar-refractivity contribution in [2.45, 2.75) is 4.34 Å². The number of hydrogen-bond acceptors (Lipinski definition) is 6. The lowest BCUT2D eigenvalue weighted by Gasteiger charge is -2.34. The lowest BCUT2D eigenvalue weighted by molar-refractivity contribution is -0.130. The molecule has 4 rings (SSSR count). The van der Waals surface area contributed by atoms with Crippen LogP contribution >= 0.6 is 34.7 Å². The first-order chi connectivity index (χ1) is 14.6. The van der Waals surface area contributed by atoms with Crippen molar-refractivity contribution < 1.29 is 9.59 Å². The van der Waals surface area contributed by atoms with Crippen molar-refractivity contribution >= 4 is 62.4 Å². The molecule has 1 N–H and O–H groups in total. The number of aromatic nitrogens is 1. The summed E-state index contributed by atoms with van der Waals surface area (Å²) < 4.78 is 2.05. The van der Waals surface area contributed by atoms with Crippen LogP contribution in [0.3, 0.4) is 0 Å². The Bertz CT molecular complexity index is 1020. The molecule has 2 aromatic carbocycles. The van der Waals surface area contributed by atoms with Gasteiger partial charge in [0.05, 0.1) is 33.2 Å². The quantitative estimate of drug-likeness (QED) is 0.566. The van der Waals surface area contributed by atoms with E-state index in [-0.39, 0.29) is 18.4 Å². The van der Waals surface area contributed by atoms with E-state index in [1.165, 1.54) is 11.8 Å². The number of thiazole rings is 1. The Kier molecular flexibility index (Phi) is 6.89. The van der Waals surface area contributed by atoms with Gasteiger partial charge in [-0.2, -0.15) is 0 Å². The number of carbonyl (C=O) groups excluding carboxylic acids is 2. The van der Waals surface area contributed by atoms with E-state index in [4.69, 9.17) is 11.6 Å². The topological polar surface area (TPSA) is 65.5 Å². The highest BCUT2D eigenvalue weighted by molar-refractivity contribution is 8.01. The predicted molar refractivity (Wildman–Crippen MR) is 123 cm³/mol. The number of nitrogens with zero attached hydrogens (tertiary/aromatic N) is 3. The molecule has 0 radical (unpaired) electrons. The van der Waals surface area contributed by atoms with Crippen molar-refractivity contribution in [2.75, 3.05) is 43.8 Å². The number of rotatable bonds is 6. The smallest absolute Gasteiger partial charge is 0.238 e. The Morgan fingerprint density at radius 1 is 1.07 bits per heavy atom. The van der Waals surface area contributed by atoms with E-state index in [0.29, 0.717) is 42.6 Å². The molecule has 1 saturated heterocycles. The van der Waals surface area contributed by atoms with Crippen LogP contribution in [0.25, 0.3) is 10.2 Å². The second-order valence-corrected chi connectivity index (χ2v) is 9.58. The van der Waals surface area contributed by atoms with Gasteiger partial charge in [-0.3, -0.25) is 14.5 Å². The third kappa shape index (κ3) is 5.31. The molecule has 6 nitrogen and oxygen atoms in total. The maximum absolute atomic E-state index is 12.6. The van der Waals surface area contributed by atoms with Gasteiger partial charge in [0.25, 0.3) is 0 Å². The number of carbonyl (C=O) groups is 2. The van der Waals surface area contributed by atoms with Crippen molar-refractivity contribution in [2.24, 2.45) is 0 Å². The van der Waals surface area contributed by atoms with Crippen LogP contribution in [0, 0.1) is 0 Å². The third-order valence-corrected chi connectivity index (χ3v) is 7.33. The van der Waals surface area contributed by atoms with Gasteiger partial charge in [0.1, 0.15) is 0 Å². The summed E-state index contributed by atoms with van der Waals surface area (Å²) in [4.78, 5) is 33.3. The predicted octanol–water partition coefficient (Wildman–Crippen LogP) is 3.82. The van der Waals surface area contributed by atoms with Crippen LogP contribution in [0.5, 0.6) is 0 Å². The first kappa shape index (κ1) is 21.1. The van der Waals surface area contributed by atoms with E-state index in [1.807, 2.05) is 41.3 Å². The summed E-state index contributed by atoms with van der Waals surface area (Å²) in [5, 5.41) is 3.36. The van der Waals surface area contributed by atoms with Crippen LogP contribution in [-0.4, -0.2) is 65.1 Å². The zero-order chi connectivity index (χ0) is 20.9. The van der Waals surface area contributed by atoms with Gasteiger partial charge >= 0.3 is 0 Å². The van der Waals surface area contributed by atoms with Gasteiger partial charge in [-0.25, -0.2) is 4.98 Å². The number of amides is 2. The van der Waals surface area contributed by atoms with Crippen LogP contribution in [0.2, 0.25) is 5.02 Å². The number of fused-ring (bicyclic) bond motifs is 1. The van der Waals surface area contributed by atoms with Crippen LogP contribution in [0.15, 0.2) is 52.9 Å². The molecule has 9 heteroatoms. The van der Waals surface area contributed by atoms with E-state index in [9.17, 15) is 9.59 Å². The SMILES string of the molecule is O=C(CN1CCN(C(=O)CSc2nc3ccccc3s2)CC1)Nc1ccccc1Cl. The molecular formula is C21H21ClN4O2S2. The van der Waals surface area contributed by atoms with Crippen molar-refractivity contribution in [3.63, 3.8) is 0 Å². The first-order valence-electron chi connectivity index (χ1n) is 9.61. The zero-order valence-electron chi connectivity index (χ0n) is 16.2. The number of benzene rings is 2. The van der Waals surface area contributed by atoms with Gasteiger partial charge in [0, 0.05) is 26.2 Å². The molecule has 2 heterocycles. The highest BCUT2D eigenvalue weighted by atomic mass is 35.5. The maximum atomic E-state index is 12.6. The molecule has 0 spiro atoms. The Labute approximate surface area is 188 Å². The van der Waals surface area contributed by atoms with Crippen molar-refractivity contribution in [3.8, 4) is 0 Å². The summed E-state index contributed by atoms with van der Waals surface area (Å²) in [6.07, 6.45) is 0. The molecule has 3 aromatic rings. The summed E-state index contributed by atoms with van der Waals surface area (Å²) in [6, 6.07) is 15.2. The number of halogens is 1. The molecule has 1 aliphatic heterocycles. The summed E-state index contributed by atoms with van der Waals surface area (Å²) in [7, 11) is 0. The molecule has 156 valence electrons. The van der Waals surface area contributed by atoms with Crippen LogP contribution in [0.1, 0.15) is 0 Å². The maximum Gasteiger partial charge on any atom is 0.238 e. The number of para-hydroxylation sites is 2. The average Bonchev–Trinajstić information content (AvgIpc) is 3.17. The monoisotopic (exact) mass is 460 g/mol. The minimum Gasteiger partial charge on any atom is -0.339 e.